The Morgan fingerprint density at radius 2 is 0.818 bits per heavy atom. The largest absolute Gasteiger partial charge is 1.00 e. The fraction of sp³-hybridized carbons (Fsp3) is 0.106. The van der Waals surface area contributed by atoms with Crippen molar-refractivity contribution in [2.45, 2.75) is 6.92 Å². The van der Waals surface area contributed by atoms with Crippen LogP contribution in [0.4, 0.5) is 5.69 Å². The molecule has 0 bridgehead atoms. The molecule has 2 aromatic heterocycles. The van der Waals surface area contributed by atoms with Gasteiger partial charge in [-0.3, -0.25) is 0 Å². The molecule has 7 rings (SSSR count). The van der Waals surface area contributed by atoms with E-state index in [9.17, 15) is 0 Å². The molecule has 0 saturated heterocycles. The van der Waals surface area contributed by atoms with Gasteiger partial charge in [0, 0.05) is 86.1 Å². The van der Waals surface area contributed by atoms with Gasteiger partial charge in [0.2, 0.25) is 17.1 Å². The number of rotatable bonds is 7. The average molecular weight is 1090 g/mol. The summed E-state index contributed by atoms with van der Waals surface area (Å²) in [6.45, 7) is 2.14. The minimum Gasteiger partial charge on any atom is -1.00 e. The monoisotopic (exact) mass is 1090 g/mol. The lowest BCUT2D eigenvalue weighted by Gasteiger charge is -2.11. The molecular formula is C47H41Br4IN3+. The summed E-state index contributed by atoms with van der Waals surface area (Å²) in [6, 6.07) is 51.4. The van der Waals surface area contributed by atoms with E-state index in [-0.39, 0.29) is 24.0 Å². The Morgan fingerprint density at radius 1 is 0.436 bits per heavy atom. The minimum absolute atomic E-state index is 0. The van der Waals surface area contributed by atoms with E-state index in [4.69, 9.17) is 0 Å². The first kappa shape index (κ1) is 42.7. The number of hydrogen-bond acceptors (Lipinski definition) is 1. The van der Waals surface area contributed by atoms with Crippen LogP contribution < -0.4 is 38.0 Å². The zero-order valence-electron chi connectivity index (χ0n) is 31.2. The van der Waals surface area contributed by atoms with Crippen molar-refractivity contribution in [3.05, 3.63) is 180 Å². The van der Waals surface area contributed by atoms with Crippen LogP contribution in [0.3, 0.4) is 0 Å². The topological polar surface area (TPSA) is 11.0 Å². The molecule has 0 aliphatic carbocycles. The first-order chi connectivity index (χ1) is 25.9. The molecule has 0 radical (unpaired) electrons. The third-order valence-corrected chi connectivity index (χ3v) is 11.5. The van der Waals surface area contributed by atoms with Gasteiger partial charge < -0.3 is 28.9 Å². The molecule has 0 saturated carbocycles. The van der Waals surface area contributed by atoms with E-state index < -0.39 is 0 Å². The summed E-state index contributed by atoms with van der Waals surface area (Å²) in [4.78, 5) is 2.11. The number of hydrogen-bond donors (Lipinski definition) is 0. The number of anilines is 1. The lowest BCUT2D eigenvalue weighted by molar-refractivity contribution is -0.666. The Labute approximate surface area is 376 Å². The van der Waals surface area contributed by atoms with Gasteiger partial charge in [0.25, 0.3) is 0 Å². The molecule has 278 valence electrons. The molecule has 2 heterocycles. The molecule has 7 aromatic rings. The van der Waals surface area contributed by atoms with Gasteiger partial charge in [0.05, 0.1) is 0 Å². The molecule has 55 heavy (non-hydrogen) atoms. The Bertz CT molecular complexity index is 2390. The van der Waals surface area contributed by atoms with Crippen LogP contribution in [0.2, 0.25) is 0 Å². The van der Waals surface area contributed by atoms with Crippen molar-refractivity contribution in [1.29, 1.82) is 0 Å². The fourth-order valence-electron chi connectivity index (χ4n) is 6.12. The second-order valence-electron chi connectivity index (χ2n) is 13.3. The zero-order valence-corrected chi connectivity index (χ0v) is 39.7. The quantitative estimate of drug-likeness (QED) is 0.114. The summed E-state index contributed by atoms with van der Waals surface area (Å²) in [5, 5.41) is 0. The predicted molar refractivity (Wildman–Crippen MR) is 242 cm³/mol. The smallest absolute Gasteiger partial charge is 0.213 e. The average Bonchev–Trinajstić information content (AvgIpc) is 3.17. The molecule has 0 N–H and O–H groups in total. The van der Waals surface area contributed by atoms with Crippen molar-refractivity contribution in [3.63, 3.8) is 0 Å². The van der Waals surface area contributed by atoms with Gasteiger partial charge in [-0.1, -0.05) is 100 Å². The number of aryl methyl sites for hydroxylation is 1. The van der Waals surface area contributed by atoms with Crippen LogP contribution in [0, 0.1) is 6.92 Å². The molecule has 0 fully saturated rings. The Morgan fingerprint density at radius 3 is 1.24 bits per heavy atom. The van der Waals surface area contributed by atoms with Crippen molar-refractivity contribution >= 4 is 81.6 Å². The van der Waals surface area contributed by atoms with Gasteiger partial charge in [-0.2, -0.15) is 9.13 Å². The Balaban J connectivity index is 0.000000221. The molecule has 5 aromatic carbocycles. The molecule has 3 nitrogen and oxygen atoms in total. The number of pyridine rings is 2. The van der Waals surface area contributed by atoms with E-state index >= 15 is 0 Å². The molecular weight excluding hydrogens is 1050 g/mol. The van der Waals surface area contributed by atoms with Crippen LogP contribution in [0.1, 0.15) is 17.0 Å². The van der Waals surface area contributed by atoms with Crippen molar-refractivity contribution < 1.29 is 33.1 Å². The SMILES string of the molecule is CN(C)c1ccc(/C=C/c2cc(-c3ccc(Br)cc3)cc(-c3ccc(Br)cc3)[n+]2C)cc1.Cc1cc(-c2ccc(Br)cc2)cc(-c2ccc(Br)cc2)[n+]1C.[I-]. The normalized spacial score (nSPS) is 10.8. The molecule has 0 amide bonds. The fourth-order valence-corrected chi connectivity index (χ4v) is 7.17. The standard InChI is InChI=1S/C28H25Br2N2.C19H16Br2N.HI/c1-31(2)26-15-4-20(5-16-26)6-17-27-18-23(21-7-11-24(29)12-8-21)19-28(32(27)3)22-9-13-25(30)14-10-22;1-13-11-16(14-3-7-17(20)8-4-14)12-19(22(13)2)15-5-9-18(21)10-6-15;/h4-19H,1-3H3;3-12H,1-2H3;1H/q2*+1;/p-1. The Hall–Kier alpha value is -3.41. The van der Waals surface area contributed by atoms with E-state index in [1.54, 1.807) is 0 Å². The van der Waals surface area contributed by atoms with Gasteiger partial charge in [-0.15, -0.1) is 0 Å². The van der Waals surface area contributed by atoms with Crippen LogP contribution in [-0.4, -0.2) is 14.1 Å². The number of benzene rings is 5. The lowest BCUT2D eigenvalue weighted by atomic mass is 10.0. The maximum Gasteiger partial charge on any atom is 0.213 e. The third-order valence-electron chi connectivity index (χ3n) is 9.38. The third kappa shape index (κ3) is 11.1. The molecule has 0 unspecified atom stereocenters. The predicted octanol–water partition coefficient (Wildman–Crippen LogP) is 10.3. The Kier molecular flexibility index (Phi) is 15.3. The van der Waals surface area contributed by atoms with Crippen molar-refractivity contribution in [2.24, 2.45) is 14.1 Å². The van der Waals surface area contributed by atoms with Gasteiger partial charge in [-0.05, 0) is 119 Å². The highest BCUT2D eigenvalue weighted by molar-refractivity contribution is 9.11. The molecule has 0 atom stereocenters. The van der Waals surface area contributed by atoms with Crippen LogP contribution >= 0.6 is 63.7 Å². The molecule has 0 spiro atoms. The number of aromatic nitrogens is 2. The van der Waals surface area contributed by atoms with E-state index in [2.05, 4.69) is 271 Å². The maximum absolute atomic E-state index is 3.55. The van der Waals surface area contributed by atoms with Gasteiger partial charge in [0.15, 0.2) is 5.69 Å². The molecule has 0 aliphatic rings. The minimum atomic E-state index is 0. The van der Waals surface area contributed by atoms with Gasteiger partial charge in [-0.25, -0.2) is 0 Å². The zero-order chi connectivity index (χ0) is 38.4. The van der Waals surface area contributed by atoms with E-state index in [0.29, 0.717) is 0 Å². The highest BCUT2D eigenvalue weighted by Crippen LogP contribution is 2.29. The second-order valence-corrected chi connectivity index (χ2v) is 17.0. The van der Waals surface area contributed by atoms with Crippen LogP contribution in [-0.2, 0) is 14.1 Å². The van der Waals surface area contributed by atoms with Gasteiger partial charge >= 0.3 is 0 Å². The van der Waals surface area contributed by atoms with E-state index in [1.807, 2.05) is 0 Å². The van der Waals surface area contributed by atoms with Crippen molar-refractivity contribution in [1.82, 2.24) is 0 Å². The van der Waals surface area contributed by atoms with E-state index in [0.717, 1.165) is 23.6 Å². The van der Waals surface area contributed by atoms with Crippen LogP contribution in [0.25, 0.3) is 56.9 Å². The first-order valence-corrected chi connectivity index (χ1v) is 20.7. The number of nitrogens with zero attached hydrogens (tertiary/aromatic N) is 3. The highest BCUT2D eigenvalue weighted by Gasteiger charge is 2.18. The summed E-state index contributed by atoms with van der Waals surface area (Å²) in [5.41, 5.74) is 14.4. The van der Waals surface area contributed by atoms with Crippen LogP contribution in [0.5, 0.6) is 0 Å². The second kappa shape index (κ2) is 19.6. The lowest BCUT2D eigenvalue weighted by Crippen LogP contribution is -3.00. The summed E-state index contributed by atoms with van der Waals surface area (Å²) < 4.78 is 8.83. The molecule has 0 aliphatic heterocycles. The first-order valence-electron chi connectivity index (χ1n) is 17.5. The van der Waals surface area contributed by atoms with Gasteiger partial charge in [0.1, 0.15) is 14.1 Å². The molecule has 8 heteroatoms. The highest BCUT2D eigenvalue weighted by atomic mass is 127. The van der Waals surface area contributed by atoms with Crippen LogP contribution in [0.15, 0.2) is 163 Å². The summed E-state index contributed by atoms with van der Waals surface area (Å²) in [7, 11) is 8.35. The summed E-state index contributed by atoms with van der Waals surface area (Å²) in [6.07, 6.45) is 4.36. The maximum atomic E-state index is 3.55. The summed E-state index contributed by atoms with van der Waals surface area (Å²) >= 11 is 14.1. The van der Waals surface area contributed by atoms with E-state index in [1.165, 1.54) is 61.7 Å². The van der Waals surface area contributed by atoms with Crippen molar-refractivity contribution in [2.75, 3.05) is 19.0 Å². The summed E-state index contributed by atoms with van der Waals surface area (Å²) in [5.74, 6) is 0. The van der Waals surface area contributed by atoms with Crippen molar-refractivity contribution in [3.8, 4) is 44.8 Å². The number of halogens is 5.